The Kier molecular flexibility index (Phi) is 16.8. The van der Waals surface area contributed by atoms with E-state index in [-0.39, 0.29) is 0 Å². The third-order valence-corrected chi connectivity index (χ3v) is 4.75. The van der Waals surface area contributed by atoms with Crippen molar-refractivity contribution in [2.24, 2.45) is 0 Å². The highest BCUT2D eigenvalue weighted by molar-refractivity contribution is 4.86. The Morgan fingerprint density at radius 1 is 0.682 bits per heavy atom. The minimum absolute atomic E-state index is 0.716. The molecule has 0 saturated carbocycles. The number of allylic oxidation sites excluding steroid dienone is 1. The van der Waals surface area contributed by atoms with Gasteiger partial charge in [-0.25, -0.2) is 0 Å². The summed E-state index contributed by atoms with van der Waals surface area (Å²) in [5.41, 5.74) is 0. The molecule has 22 heavy (non-hydrogen) atoms. The van der Waals surface area contributed by atoms with Crippen LogP contribution in [0.15, 0.2) is 12.2 Å². The van der Waals surface area contributed by atoms with Crippen LogP contribution in [0.25, 0.3) is 0 Å². The molecular formula is C21H43N. The fraction of sp³-hybridized carbons (Fsp3) is 0.905. The van der Waals surface area contributed by atoms with Gasteiger partial charge in [-0.3, -0.25) is 0 Å². The molecule has 0 aliphatic carbocycles. The van der Waals surface area contributed by atoms with E-state index in [1.807, 2.05) is 0 Å². The van der Waals surface area contributed by atoms with Gasteiger partial charge in [0.2, 0.25) is 0 Å². The van der Waals surface area contributed by atoms with Gasteiger partial charge < -0.3 is 4.90 Å². The van der Waals surface area contributed by atoms with E-state index in [0.29, 0.717) is 6.04 Å². The Hall–Kier alpha value is -0.300. The minimum atomic E-state index is 0.716. The van der Waals surface area contributed by atoms with E-state index in [9.17, 15) is 0 Å². The summed E-state index contributed by atoms with van der Waals surface area (Å²) in [6.07, 6.45) is 24.3. The highest BCUT2D eigenvalue weighted by Crippen LogP contribution is 2.12. The molecule has 0 saturated heterocycles. The second-order valence-electron chi connectivity index (χ2n) is 7.06. The molecule has 0 spiro atoms. The van der Waals surface area contributed by atoms with Gasteiger partial charge in [-0.1, -0.05) is 90.2 Å². The van der Waals surface area contributed by atoms with Crippen LogP contribution >= 0.6 is 0 Å². The van der Waals surface area contributed by atoms with Crippen LogP contribution in [0.4, 0.5) is 0 Å². The van der Waals surface area contributed by atoms with Crippen molar-refractivity contribution in [3.63, 3.8) is 0 Å². The van der Waals surface area contributed by atoms with Crippen molar-refractivity contribution < 1.29 is 0 Å². The average Bonchev–Trinajstić information content (AvgIpc) is 2.51. The Balaban J connectivity index is 3.23. The standard InChI is InChI=1S/C21H43N/c1-5-7-8-9-10-11-12-13-14-15-16-17-18-19-20-21(6-2)22(3)4/h18-19,21H,5-17,20H2,1-4H3/b19-18+/t21-/m0/s1. The molecule has 0 N–H and O–H groups in total. The van der Waals surface area contributed by atoms with Crippen molar-refractivity contribution in [3.8, 4) is 0 Å². The zero-order valence-corrected chi connectivity index (χ0v) is 16.1. The number of unbranched alkanes of at least 4 members (excludes halogenated alkanes) is 11. The summed E-state index contributed by atoms with van der Waals surface area (Å²) < 4.78 is 0. The Labute approximate surface area is 141 Å². The molecule has 0 bridgehead atoms. The first-order chi connectivity index (χ1) is 10.7. The van der Waals surface area contributed by atoms with Gasteiger partial charge >= 0.3 is 0 Å². The summed E-state index contributed by atoms with van der Waals surface area (Å²) in [4.78, 5) is 2.34. The van der Waals surface area contributed by atoms with Gasteiger partial charge in [0.1, 0.15) is 0 Å². The van der Waals surface area contributed by atoms with E-state index in [1.165, 1.54) is 89.9 Å². The molecule has 0 aromatic carbocycles. The largest absolute Gasteiger partial charge is 0.306 e. The van der Waals surface area contributed by atoms with E-state index < -0.39 is 0 Å². The minimum Gasteiger partial charge on any atom is -0.306 e. The molecule has 0 aliphatic rings. The lowest BCUT2D eigenvalue weighted by atomic mass is 10.0. The molecule has 0 aromatic rings. The first-order valence-electron chi connectivity index (χ1n) is 10.0. The molecule has 0 fully saturated rings. The molecule has 132 valence electrons. The Bertz CT molecular complexity index is 232. The maximum Gasteiger partial charge on any atom is 0.0121 e. The van der Waals surface area contributed by atoms with Gasteiger partial charge in [0.25, 0.3) is 0 Å². The zero-order chi connectivity index (χ0) is 16.5. The maximum absolute atomic E-state index is 2.40. The average molecular weight is 310 g/mol. The van der Waals surface area contributed by atoms with E-state index in [4.69, 9.17) is 0 Å². The van der Waals surface area contributed by atoms with Crippen LogP contribution in [0.2, 0.25) is 0 Å². The summed E-state index contributed by atoms with van der Waals surface area (Å²) in [5.74, 6) is 0. The third-order valence-electron chi connectivity index (χ3n) is 4.75. The van der Waals surface area contributed by atoms with E-state index in [2.05, 4.69) is 45.0 Å². The normalized spacial score (nSPS) is 13.3. The lowest BCUT2D eigenvalue weighted by molar-refractivity contribution is 0.287. The van der Waals surface area contributed by atoms with Gasteiger partial charge in [-0.2, -0.15) is 0 Å². The number of hydrogen-bond acceptors (Lipinski definition) is 1. The lowest BCUT2D eigenvalue weighted by Gasteiger charge is -2.20. The van der Waals surface area contributed by atoms with Crippen LogP contribution in [0.1, 0.15) is 104 Å². The third kappa shape index (κ3) is 14.6. The smallest absolute Gasteiger partial charge is 0.0121 e. The molecule has 0 aromatic heterocycles. The van der Waals surface area contributed by atoms with Crippen LogP contribution in [0.5, 0.6) is 0 Å². The van der Waals surface area contributed by atoms with E-state index in [0.717, 1.165) is 0 Å². The maximum atomic E-state index is 2.40. The van der Waals surface area contributed by atoms with Crippen molar-refractivity contribution in [1.29, 1.82) is 0 Å². The predicted octanol–water partition coefficient (Wildman–Crippen LogP) is 6.97. The van der Waals surface area contributed by atoms with Crippen molar-refractivity contribution in [1.82, 2.24) is 4.90 Å². The summed E-state index contributed by atoms with van der Waals surface area (Å²) in [7, 11) is 4.37. The van der Waals surface area contributed by atoms with Crippen LogP contribution in [0.3, 0.4) is 0 Å². The van der Waals surface area contributed by atoms with Crippen molar-refractivity contribution >= 4 is 0 Å². The summed E-state index contributed by atoms with van der Waals surface area (Å²) in [6, 6.07) is 0.716. The Morgan fingerprint density at radius 2 is 1.18 bits per heavy atom. The van der Waals surface area contributed by atoms with E-state index in [1.54, 1.807) is 0 Å². The second-order valence-corrected chi connectivity index (χ2v) is 7.06. The van der Waals surface area contributed by atoms with E-state index >= 15 is 0 Å². The monoisotopic (exact) mass is 309 g/mol. The molecule has 1 atom stereocenters. The Morgan fingerprint density at radius 3 is 1.64 bits per heavy atom. The van der Waals surface area contributed by atoms with Gasteiger partial charge in [0.15, 0.2) is 0 Å². The lowest BCUT2D eigenvalue weighted by Crippen LogP contribution is -2.26. The first-order valence-corrected chi connectivity index (χ1v) is 10.0. The quantitative estimate of drug-likeness (QED) is 0.220. The summed E-state index contributed by atoms with van der Waals surface area (Å²) in [5, 5.41) is 0. The molecule has 0 unspecified atom stereocenters. The van der Waals surface area contributed by atoms with Crippen LogP contribution in [-0.2, 0) is 0 Å². The molecule has 0 heterocycles. The predicted molar refractivity (Wildman–Crippen MR) is 103 cm³/mol. The van der Waals surface area contributed by atoms with Crippen LogP contribution in [0, 0.1) is 0 Å². The highest BCUT2D eigenvalue weighted by Gasteiger charge is 2.04. The van der Waals surface area contributed by atoms with Crippen molar-refractivity contribution in [2.75, 3.05) is 14.1 Å². The number of hydrogen-bond donors (Lipinski definition) is 0. The van der Waals surface area contributed by atoms with Gasteiger partial charge in [0, 0.05) is 6.04 Å². The van der Waals surface area contributed by atoms with Gasteiger partial charge in [-0.15, -0.1) is 0 Å². The molecule has 0 rings (SSSR count). The molecule has 1 heteroatoms. The summed E-state index contributed by atoms with van der Waals surface area (Å²) in [6.45, 7) is 4.57. The SMILES string of the molecule is CCCCCCCCCCCCC/C=C/C[C@H](CC)N(C)C. The zero-order valence-electron chi connectivity index (χ0n) is 16.1. The van der Waals surface area contributed by atoms with Crippen molar-refractivity contribution in [2.45, 2.75) is 110 Å². The molecule has 0 aliphatic heterocycles. The fourth-order valence-corrected chi connectivity index (χ4v) is 3.04. The molecule has 0 radical (unpaired) electrons. The van der Waals surface area contributed by atoms with Crippen molar-refractivity contribution in [3.05, 3.63) is 12.2 Å². The highest BCUT2D eigenvalue weighted by atomic mass is 15.1. The van der Waals surface area contributed by atoms with Crippen LogP contribution < -0.4 is 0 Å². The number of nitrogens with zero attached hydrogens (tertiary/aromatic N) is 1. The first kappa shape index (κ1) is 21.7. The topological polar surface area (TPSA) is 3.24 Å². The van der Waals surface area contributed by atoms with Crippen LogP contribution in [-0.4, -0.2) is 25.0 Å². The summed E-state index contributed by atoms with van der Waals surface area (Å²) >= 11 is 0. The van der Waals surface area contributed by atoms with Gasteiger partial charge in [-0.05, 0) is 39.8 Å². The molecule has 1 nitrogen and oxygen atoms in total. The second kappa shape index (κ2) is 17.1. The molecule has 0 amide bonds. The van der Waals surface area contributed by atoms with Gasteiger partial charge in [0.05, 0.1) is 0 Å². The molecular weight excluding hydrogens is 266 g/mol. The number of rotatable bonds is 16. The fourth-order valence-electron chi connectivity index (χ4n) is 3.04.